The molecule has 0 N–H and O–H groups in total. The van der Waals surface area contributed by atoms with Crippen molar-refractivity contribution in [2.24, 2.45) is 4.40 Å². The summed E-state index contributed by atoms with van der Waals surface area (Å²) >= 11 is 1.34. The molecule has 0 atom stereocenters. The largest absolute Gasteiger partial charge is 0.378 e. The van der Waals surface area contributed by atoms with Crippen molar-refractivity contribution in [3.63, 3.8) is 0 Å². The van der Waals surface area contributed by atoms with Gasteiger partial charge in [-0.3, -0.25) is 0 Å². The van der Waals surface area contributed by atoms with E-state index in [1.165, 1.54) is 11.8 Å². The van der Waals surface area contributed by atoms with Gasteiger partial charge in [-0.15, -0.1) is 4.40 Å². The Balaban J connectivity index is 2.27. The third-order valence-corrected chi connectivity index (χ3v) is 5.09. The lowest BCUT2D eigenvalue weighted by atomic mass is 10.2. The Bertz CT molecular complexity index is 576. The Morgan fingerprint density at radius 2 is 1.85 bits per heavy atom. The number of sulfonamides is 1. The van der Waals surface area contributed by atoms with E-state index in [0.717, 1.165) is 5.56 Å². The van der Waals surface area contributed by atoms with E-state index >= 15 is 0 Å². The van der Waals surface area contributed by atoms with Crippen LogP contribution in [0.3, 0.4) is 0 Å². The van der Waals surface area contributed by atoms with Gasteiger partial charge < -0.3 is 9.64 Å². The lowest BCUT2D eigenvalue weighted by Gasteiger charge is -2.28. The van der Waals surface area contributed by atoms with Crippen molar-refractivity contribution >= 4 is 27.0 Å². The standard InChI is InChI=1S/C13H18N2O3S2/c1-11-3-5-12(6-4-11)20(16,17)14-13(19-2)15-7-9-18-10-8-15/h3-6H,7-10H2,1-2H3/b14-13-. The van der Waals surface area contributed by atoms with Crippen molar-refractivity contribution in [1.82, 2.24) is 4.90 Å². The molecule has 0 bridgehead atoms. The highest BCUT2D eigenvalue weighted by molar-refractivity contribution is 8.13. The summed E-state index contributed by atoms with van der Waals surface area (Å²) in [5, 5.41) is 0.522. The smallest absolute Gasteiger partial charge is 0.284 e. The summed E-state index contributed by atoms with van der Waals surface area (Å²) in [6.07, 6.45) is 1.83. The number of ether oxygens (including phenoxy) is 1. The first kappa shape index (κ1) is 15.3. The minimum absolute atomic E-state index is 0.225. The fraction of sp³-hybridized carbons (Fsp3) is 0.462. The molecule has 2 rings (SSSR count). The molecule has 0 saturated carbocycles. The number of amidine groups is 1. The van der Waals surface area contributed by atoms with Crippen LogP contribution in [0.25, 0.3) is 0 Å². The van der Waals surface area contributed by atoms with Crippen molar-refractivity contribution < 1.29 is 13.2 Å². The summed E-state index contributed by atoms with van der Waals surface area (Å²) in [4.78, 5) is 2.17. The van der Waals surface area contributed by atoms with Crippen LogP contribution in [0.1, 0.15) is 5.56 Å². The van der Waals surface area contributed by atoms with Gasteiger partial charge in [-0.1, -0.05) is 29.5 Å². The van der Waals surface area contributed by atoms with E-state index in [-0.39, 0.29) is 4.90 Å². The van der Waals surface area contributed by atoms with E-state index in [1.807, 2.05) is 18.1 Å². The van der Waals surface area contributed by atoms with E-state index in [0.29, 0.717) is 31.5 Å². The van der Waals surface area contributed by atoms with Gasteiger partial charge in [0.05, 0.1) is 18.1 Å². The first-order valence-corrected chi connectivity index (χ1v) is 8.98. The van der Waals surface area contributed by atoms with Crippen LogP contribution in [0.2, 0.25) is 0 Å². The number of thioether (sulfide) groups is 1. The highest BCUT2D eigenvalue weighted by atomic mass is 32.2. The van der Waals surface area contributed by atoms with E-state index in [2.05, 4.69) is 4.40 Å². The molecule has 0 aliphatic carbocycles. The molecule has 5 nitrogen and oxygen atoms in total. The van der Waals surface area contributed by atoms with Gasteiger partial charge in [0.25, 0.3) is 10.0 Å². The second kappa shape index (κ2) is 6.60. The monoisotopic (exact) mass is 314 g/mol. The summed E-state index contributed by atoms with van der Waals surface area (Å²) in [5.41, 5.74) is 1.02. The zero-order valence-electron chi connectivity index (χ0n) is 11.6. The molecular formula is C13H18N2O3S2. The SMILES string of the molecule is CS/C(=N\S(=O)(=O)c1ccc(C)cc1)N1CCOCC1. The Morgan fingerprint density at radius 3 is 2.40 bits per heavy atom. The average Bonchev–Trinajstić information content (AvgIpc) is 2.46. The highest BCUT2D eigenvalue weighted by Crippen LogP contribution is 2.17. The maximum atomic E-state index is 12.3. The zero-order valence-corrected chi connectivity index (χ0v) is 13.2. The minimum Gasteiger partial charge on any atom is -0.378 e. The van der Waals surface area contributed by atoms with Crippen LogP contribution in [0.15, 0.2) is 33.6 Å². The van der Waals surface area contributed by atoms with E-state index in [9.17, 15) is 8.42 Å². The lowest BCUT2D eigenvalue weighted by Crippen LogP contribution is -2.39. The predicted octanol–water partition coefficient (Wildman–Crippen LogP) is 1.73. The normalized spacial score (nSPS) is 17.3. The van der Waals surface area contributed by atoms with Crippen LogP contribution >= 0.6 is 11.8 Å². The van der Waals surface area contributed by atoms with Crippen LogP contribution in [0.4, 0.5) is 0 Å². The molecule has 7 heteroatoms. The number of rotatable bonds is 2. The minimum atomic E-state index is -3.65. The highest BCUT2D eigenvalue weighted by Gasteiger charge is 2.19. The summed E-state index contributed by atoms with van der Waals surface area (Å²) in [7, 11) is -3.65. The lowest BCUT2D eigenvalue weighted by molar-refractivity contribution is 0.0694. The quantitative estimate of drug-likeness (QED) is 0.615. The van der Waals surface area contributed by atoms with Gasteiger partial charge >= 0.3 is 0 Å². The van der Waals surface area contributed by atoms with Crippen molar-refractivity contribution in [1.29, 1.82) is 0 Å². The summed E-state index contributed by atoms with van der Waals surface area (Å²) in [6, 6.07) is 6.72. The molecule has 0 amide bonds. The molecular weight excluding hydrogens is 296 g/mol. The molecule has 0 spiro atoms. The number of hydrogen-bond donors (Lipinski definition) is 0. The molecule has 1 heterocycles. The van der Waals surface area contributed by atoms with Gasteiger partial charge in [0.15, 0.2) is 5.17 Å². The first-order valence-electron chi connectivity index (χ1n) is 6.31. The molecule has 0 radical (unpaired) electrons. The van der Waals surface area contributed by atoms with Gasteiger partial charge in [0, 0.05) is 13.1 Å². The second-order valence-corrected chi connectivity index (χ2v) is 6.84. The average molecular weight is 314 g/mol. The van der Waals surface area contributed by atoms with Crippen molar-refractivity contribution in [3.05, 3.63) is 29.8 Å². The molecule has 1 aromatic carbocycles. The van der Waals surface area contributed by atoms with Crippen LogP contribution in [0.5, 0.6) is 0 Å². The second-order valence-electron chi connectivity index (χ2n) is 4.47. The van der Waals surface area contributed by atoms with Gasteiger partial charge in [-0.25, -0.2) is 0 Å². The molecule has 1 aliphatic heterocycles. The van der Waals surface area contributed by atoms with E-state index in [4.69, 9.17) is 4.74 Å². The maximum absolute atomic E-state index is 12.3. The Hall–Kier alpha value is -1.05. The summed E-state index contributed by atoms with van der Waals surface area (Å²) in [5.74, 6) is 0. The Kier molecular flexibility index (Phi) is 5.06. The van der Waals surface area contributed by atoms with Crippen LogP contribution in [0, 0.1) is 6.92 Å². The molecule has 110 valence electrons. The number of benzene rings is 1. The van der Waals surface area contributed by atoms with Crippen LogP contribution in [-0.4, -0.2) is 51.0 Å². The molecule has 1 aromatic rings. The van der Waals surface area contributed by atoms with Crippen molar-refractivity contribution in [3.8, 4) is 0 Å². The Morgan fingerprint density at radius 1 is 1.25 bits per heavy atom. The van der Waals surface area contributed by atoms with Crippen LogP contribution < -0.4 is 0 Å². The van der Waals surface area contributed by atoms with Gasteiger partial charge in [-0.05, 0) is 25.3 Å². The number of hydrogen-bond acceptors (Lipinski definition) is 4. The van der Waals surface area contributed by atoms with Gasteiger partial charge in [0.1, 0.15) is 0 Å². The first-order chi connectivity index (χ1) is 9.53. The number of nitrogens with zero attached hydrogens (tertiary/aromatic N) is 2. The molecule has 20 heavy (non-hydrogen) atoms. The molecule has 1 saturated heterocycles. The van der Waals surface area contributed by atoms with Gasteiger partial charge in [-0.2, -0.15) is 8.42 Å². The van der Waals surface area contributed by atoms with Crippen LogP contribution in [-0.2, 0) is 14.8 Å². The van der Waals surface area contributed by atoms with Gasteiger partial charge in [0.2, 0.25) is 0 Å². The third-order valence-electron chi connectivity index (χ3n) is 2.98. The fourth-order valence-corrected chi connectivity index (χ4v) is 3.78. The zero-order chi connectivity index (χ0) is 14.6. The summed E-state index contributed by atoms with van der Waals surface area (Å²) in [6.45, 7) is 4.46. The van der Waals surface area contributed by atoms with Crippen molar-refractivity contribution in [2.45, 2.75) is 11.8 Å². The summed E-state index contributed by atoms with van der Waals surface area (Å²) < 4.78 is 33.8. The molecule has 1 aliphatic rings. The topological polar surface area (TPSA) is 59.0 Å². The Labute approximate surface area is 124 Å². The fourth-order valence-electron chi connectivity index (χ4n) is 1.84. The number of morpholine rings is 1. The third kappa shape index (κ3) is 3.74. The predicted molar refractivity (Wildman–Crippen MR) is 81.7 cm³/mol. The maximum Gasteiger partial charge on any atom is 0.284 e. The molecule has 0 unspecified atom stereocenters. The number of aryl methyl sites for hydroxylation is 1. The van der Waals surface area contributed by atoms with E-state index < -0.39 is 10.0 Å². The molecule has 0 aromatic heterocycles. The van der Waals surface area contributed by atoms with Crippen molar-refractivity contribution in [2.75, 3.05) is 32.6 Å². The molecule has 1 fully saturated rings. The van der Waals surface area contributed by atoms with E-state index in [1.54, 1.807) is 24.3 Å².